The van der Waals surface area contributed by atoms with Crippen LogP contribution in [-0.4, -0.2) is 56.5 Å². The Balaban J connectivity index is 1.61. The zero-order valence-corrected chi connectivity index (χ0v) is 18.4. The average molecular weight is 429 g/mol. The van der Waals surface area contributed by atoms with Crippen molar-refractivity contribution in [2.24, 2.45) is 0 Å². The molecule has 2 atom stereocenters. The molecule has 0 radical (unpaired) electrons. The third-order valence-corrected chi connectivity index (χ3v) is 7.78. The summed E-state index contributed by atoms with van der Waals surface area (Å²) >= 11 is 0. The Morgan fingerprint density at radius 2 is 1.63 bits per heavy atom. The molecule has 0 unspecified atom stereocenters. The van der Waals surface area contributed by atoms with Crippen LogP contribution in [0.2, 0.25) is 0 Å². The summed E-state index contributed by atoms with van der Waals surface area (Å²) in [5, 5.41) is 0. The number of carbonyl (C=O) groups is 1. The lowest BCUT2D eigenvalue weighted by Crippen LogP contribution is -2.61. The molecule has 0 bridgehead atoms. The van der Waals surface area contributed by atoms with Gasteiger partial charge in [0.25, 0.3) is 0 Å². The highest BCUT2D eigenvalue weighted by Crippen LogP contribution is 2.33. The summed E-state index contributed by atoms with van der Waals surface area (Å²) in [6, 6.07) is 15.0. The Morgan fingerprint density at radius 1 is 1.00 bits per heavy atom. The second kappa shape index (κ2) is 8.04. The standard InChI is InChI=1S/C23H28N2O4S/c1-16(2)18-6-8-19(9-7-18)25-22-15-30(27,28)14-21(22)24(13-23(25)26)12-17-4-10-20(29-3)11-5-17/h4-11,16,21-22H,12-15H2,1-3H3/t21-,22+/m0/s1. The molecule has 4 rings (SSSR count). The van der Waals surface area contributed by atoms with Crippen molar-refractivity contribution in [1.29, 1.82) is 0 Å². The molecular formula is C23H28N2O4S. The van der Waals surface area contributed by atoms with Crippen molar-refractivity contribution in [1.82, 2.24) is 4.90 Å². The molecular weight excluding hydrogens is 400 g/mol. The van der Waals surface area contributed by atoms with Crippen LogP contribution in [0.3, 0.4) is 0 Å². The molecule has 2 saturated heterocycles. The maximum absolute atomic E-state index is 13.1. The minimum atomic E-state index is -3.21. The van der Waals surface area contributed by atoms with Gasteiger partial charge < -0.3 is 9.64 Å². The number of anilines is 1. The highest BCUT2D eigenvalue weighted by atomic mass is 32.2. The van der Waals surface area contributed by atoms with Gasteiger partial charge in [-0.3, -0.25) is 9.69 Å². The number of carbonyl (C=O) groups excluding carboxylic acids is 1. The molecule has 0 spiro atoms. The van der Waals surface area contributed by atoms with E-state index in [1.807, 2.05) is 53.4 Å². The highest BCUT2D eigenvalue weighted by molar-refractivity contribution is 7.91. The van der Waals surface area contributed by atoms with E-state index in [1.54, 1.807) is 12.0 Å². The van der Waals surface area contributed by atoms with Crippen LogP contribution in [0.4, 0.5) is 5.69 Å². The zero-order valence-electron chi connectivity index (χ0n) is 17.6. The summed E-state index contributed by atoms with van der Waals surface area (Å²) in [5.41, 5.74) is 3.00. The quantitative estimate of drug-likeness (QED) is 0.733. The van der Waals surface area contributed by atoms with E-state index in [0.29, 0.717) is 12.5 Å². The van der Waals surface area contributed by atoms with Gasteiger partial charge in [0, 0.05) is 18.3 Å². The zero-order chi connectivity index (χ0) is 21.5. The van der Waals surface area contributed by atoms with Gasteiger partial charge in [-0.1, -0.05) is 38.1 Å². The van der Waals surface area contributed by atoms with Crippen molar-refractivity contribution in [2.75, 3.05) is 30.1 Å². The first-order valence-corrected chi connectivity index (χ1v) is 12.1. The van der Waals surface area contributed by atoms with Gasteiger partial charge in [-0.05, 0) is 41.3 Å². The van der Waals surface area contributed by atoms with Crippen LogP contribution >= 0.6 is 0 Å². The molecule has 0 saturated carbocycles. The van der Waals surface area contributed by atoms with Crippen molar-refractivity contribution >= 4 is 21.4 Å². The number of ether oxygens (including phenoxy) is 1. The van der Waals surface area contributed by atoms with E-state index >= 15 is 0 Å². The Bertz CT molecular complexity index is 1020. The average Bonchev–Trinajstić information content (AvgIpc) is 3.04. The molecule has 7 heteroatoms. The molecule has 2 aromatic carbocycles. The smallest absolute Gasteiger partial charge is 0.241 e. The van der Waals surface area contributed by atoms with Crippen molar-refractivity contribution in [3.05, 3.63) is 59.7 Å². The first kappa shape index (κ1) is 20.9. The second-order valence-corrected chi connectivity index (χ2v) is 10.6. The van der Waals surface area contributed by atoms with Gasteiger partial charge in [-0.25, -0.2) is 8.42 Å². The Labute approximate surface area is 178 Å². The fourth-order valence-corrected chi connectivity index (χ4v) is 6.43. The van der Waals surface area contributed by atoms with E-state index in [9.17, 15) is 13.2 Å². The Hall–Kier alpha value is -2.38. The number of hydrogen-bond donors (Lipinski definition) is 0. The monoisotopic (exact) mass is 428 g/mol. The lowest BCUT2D eigenvalue weighted by molar-refractivity contribution is -0.123. The third-order valence-electron chi connectivity index (χ3n) is 6.08. The fourth-order valence-electron chi connectivity index (χ4n) is 4.45. The number of benzene rings is 2. The largest absolute Gasteiger partial charge is 0.497 e. The van der Waals surface area contributed by atoms with E-state index < -0.39 is 9.84 Å². The van der Waals surface area contributed by atoms with Crippen molar-refractivity contribution in [3.63, 3.8) is 0 Å². The lowest BCUT2D eigenvalue weighted by Gasteiger charge is -2.43. The minimum absolute atomic E-state index is 0.00838. The minimum Gasteiger partial charge on any atom is -0.497 e. The lowest BCUT2D eigenvalue weighted by atomic mass is 10.00. The summed E-state index contributed by atoms with van der Waals surface area (Å²) in [6.07, 6.45) is 0. The van der Waals surface area contributed by atoms with Crippen LogP contribution in [0.25, 0.3) is 0 Å². The van der Waals surface area contributed by atoms with E-state index in [0.717, 1.165) is 17.0 Å². The summed E-state index contributed by atoms with van der Waals surface area (Å²) in [5.74, 6) is 1.21. The number of piperazine rings is 1. The SMILES string of the molecule is COc1ccc(CN2CC(=O)N(c3ccc(C(C)C)cc3)[C@@H]3CS(=O)(=O)C[C@@H]32)cc1. The number of sulfone groups is 1. The third kappa shape index (κ3) is 4.09. The van der Waals surface area contributed by atoms with Gasteiger partial charge in [-0.15, -0.1) is 0 Å². The summed E-state index contributed by atoms with van der Waals surface area (Å²) < 4.78 is 30.3. The number of fused-ring (bicyclic) bond motifs is 1. The van der Waals surface area contributed by atoms with Crippen LogP contribution in [-0.2, 0) is 21.2 Å². The van der Waals surface area contributed by atoms with Crippen LogP contribution in [0.1, 0.15) is 30.9 Å². The predicted octanol–water partition coefficient (Wildman–Crippen LogP) is 2.83. The molecule has 1 amide bonds. The van der Waals surface area contributed by atoms with Crippen LogP contribution < -0.4 is 9.64 Å². The molecule has 0 N–H and O–H groups in total. The number of hydrogen-bond acceptors (Lipinski definition) is 5. The van der Waals surface area contributed by atoms with Gasteiger partial charge in [0.15, 0.2) is 9.84 Å². The van der Waals surface area contributed by atoms with E-state index in [4.69, 9.17) is 4.74 Å². The van der Waals surface area contributed by atoms with Gasteiger partial charge in [0.2, 0.25) is 5.91 Å². The van der Waals surface area contributed by atoms with Crippen LogP contribution in [0.15, 0.2) is 48.5 Å². The molecule has 0 aliphatic carbocycles. The maximum Gasteiger partial charge on any atom is 0.241 e. The van der Waals surface area contributed by atoms with Gasteiger partial charge in [0.05, 0.1) is 31.2 Å². The van der Waals surface area contributed by atoms with Gasteiger partial charge in [-0.2, -0.15) is 0 Å². The maximum atomic E-state index is 13.1. The number of nitrogens with zero attached hydrogens (tertiary/aromatic N) is 2. The molecule has 2 aliphatic rings. The number of amides is 1. The molecule has 0 aromatic heterocycles. The van der Waals surface area contributed by atoms with E-state index in [-0.39, 0.29) is 36.0 Å². The predicted molar refractivity (Wildman–Crippen MR) is 118 cm³/mol. The van der Waals surface area contributed by atoms with E-state index in [2.05, 4.69) is 13.8 Å². The second-order valence-electron chi connectivity index (χ2n) is 8.47. The van der Waals surface area contributed by atoms with Crippen LogP contribution in [0, 0.1) is 0 Å². The van der Waals surface area contributed by atoms with Crippen LogP contribution in [0.5, 0.6) is 5.75 Å². The van der Waals surface area contributed by atoms with Gasteiger partial charge >= 0.3 is 0 Å². The molecule has 160 valence electrons. The Kier molecular flexibility index (Phi) is 5.59. The fraction of sp³-hybridized carbons (Fsp3) is 0.435. The first-order valence-electron chi connectivity index (χ1n) is 10.3. The van der Waals surface area contributed by atoms with Crippen molar-refractivity contribution < 1.29 is 17.9 Å². The van der Waals surface area contributed by atoms with Crippen molar-refractivity contribution in [3.8, 4) is 5.75 Å². The molecule has 2 aliphatic heterocycles. The molecule has 30 heavy (non-hydrogen) atoms. The number of methoxy groups -OCH3 is 1. The molecule has 2 fully saturated rings. The summed E-state index contributed by atoms with van der Waals surface area (Å²) in [7, 11) is -1.59. The highest BCUT2D eigenvalue weighted by Gasteiger charge is 2.49. The molecule has 6 nitrogen and oxygen atoms in total. The summed E-state index contributed by atoms with van der Waals surface area (Å²) in [4.78, 5) is 16.9. The van der Waals surface area contributed by atoms with Crippen molar-refractivity contribution in [2.45, 2.75) is 38.4 Å². The molecule has 2 heterocycles. The number of rotatable bonds is 5. The topological polar surface area (TPSA) is 66.9 Å². The molecule has 2 aromatic rings. The first-order chi connectivity index (χ1) is 14.3. The normalized spacial score (nSPS) is 23.6. The van der Waals surface area contributed by atoms with Gasteiger partial charge in [0.1, 0.15) is 5.75 Å². The summed E-state index contributed by atoms with van der Waals surface area (Å²) in [6.45, 7) is 4.98. The van der Waals surface area contributed by atoms with E-state index in [1.165, 1.54) is 5.56 Å². The Morgan fingerprint density at radius 3 is 2.23 bits per heavy atom.